The molecule has 2 rings (SSSR count). The topological polar surface area (TPSA) is 78.5 Å². The number of nitrogens with zero attached hydrogens (tertiary/aromatic N) is 6. The third kappa shape index (κ3) is 8.07. The van der Waals surface area contributed by atoms with Crippen molar-refractivity contribution in [2.24, 2.45) is 10.8 Å². The summed E-state index contributed by atoms with van der Waals surface area (Å²) in [5.41, 5.74) is 1.29. The lowest BCUT2D eigenvalue weighted by atomic mass is 9.89. The molecule has 7 nitrogen and oxygen atoms in total. The summed E-state index contributed by atoms with van der Waals surface area (Å²) in [6.45, 7) is 24.7. The largest absolute Gasteiger partial charge is 0.292 e. The Morgan fingerprint density at radius 3 is 1.55 bits per heavy atom. The highest BCUT2D eigenvalue weighted by molar-refractivity contribution is 5.97. The smallest absolute Gasteiger partial charge is 0.190 e. The molecule has 2 aromatic heterocycles. The van der Waals surface area contributed by atoms with E-state index >= 15 is 0 Å². The minimum atomic E-state index is -0.404. The molecule has 0 spiro atoms. The zero-order valence-electron chi connectivity index (χ0n) is 20.5. The summed E-state index contributed by atoms with van der Waals surface area (Å²) in [5, 5.41) is 16.2. The van der Waals surface area contributed by atoms with Gasteiger partial charge in [-0.05, 0) is 53.4 Å². The molecule has 0 bridgehead atoms. The summed E-state index contributed by atoms with van der Waals surface area (Å²) >= 11 is 0. The third-order valence-electron chi connectivity index (χ3n) is 4.03. The van der Waals surface area contributed by atoms with Crippen LogP contribution < -0.4 is 0 Å². The molecule has 2 aromatic rings. The highest BCUT2D eigenvalue weighted by Gasteiger charge is 2.27. The van der Waals surface area contributed by atoms with Gasteiger partial charge in [0.15, 0.2) is 5.78 Å². The van der Waals surface area contributed by atoms with Gasteiger partial charge < -0.3 is 0 Å². The number of aromatic nitrogens is 6. The van der Waals surface area contributed by atoms with Crippen molar-refractivity contribution in [3.63, 3.8) is 0 Å². The number of ketones is 1. The van der Waals surface area contributed by atoms with E-state index in [1.165, 1.54) is 0 Å². The molecule has 0 fully saturated rings. The van der Waals surface area contributed by atoms with Gasteiger partial charge in [0.05, 0.1) is 23.0 Å². The number of rotatable bonds is 2. The maximum absolute atomic E-state index is 11.9. The van der Waals surface area contributed by atoms with Crippen LogP contribution in [0.2, 0.25) is 0 Å². The SMILES string of the molecule is CC(C)(C)C(=O)c1cn(C(C)(C)C)nn1.CC(C)(C)Cc1cn(C(C)(C)C)nn1. The van der Waals surface area contributed by atoms with E-state index in [2.05, 4.69) is 62.2 Å². The predicted octanol–water partition coefficient (Wildman–Crippen LogP) is 4.88. The molecule has 0 amide bonds. The summed E-state index contributed by atoms with van der Waals surface area (Å²) in [7, 11) is 0. The average Bonchev–Trinajstić information content (AvgIpc) is 3.11. The van der Waals surface area contributed by atoms with Crippen molar-refractivity contribution in [3.05, 3.63) is 23.8 Å². The van der Waals surface area contributed by atoms with Crippen LogP contribution in [0.4, 0.5) is 0 Å². The van der Waals surface area contributed by atoms with Crippen LogP contribution in [0.25, 0.3) is 0 Å². The van der Waals surface area contributed by atoms with Crippen LogP contribution in [0.15, 0.2) is 12.4 Å². The third-order valence-corrected chi connectivity index (χ3v) is 4.03. The minimum Gasteiger partial charge on any atom is -0.292 e. The molecule has 0 N–H and O–H groups in total. The zero-order chi connectivity index (χ0) is 22.8. The van der Waals surface area contributed by atoms with Crippen molar-refractivity contribution in [2.45, 2.75) is 101 Å². The van der Waals surface area contributed by atoms with Gasteiger partial charge in [0.25, 0.3) is 0 Å². The average molecular weight is 405 g/mol. The van der Waals surface area contributed by atoms with Crippen molar-refractivity contribution in [3.8, 4) is 0 Å². The molecule has 2 heterocycles. The first-order valence-electron chi connectivity index (χ1n) is 10.2. The lowest BCUT2D eigenvalue weighted by molar-refractivity contribution is 0.0852. The van der Waals surface area contributed by atoms with Crippen LogP contribution in [0, 0.1) is 10.8 Å². The maximum Gasteiger partial charge on any atom is 0.190 e. The number of carbonyl (C=O) groups excluding carboxylic acids is 1. The van der Waals surface area contributed by atoms with Crippen molar-refractivity contribution in [1.29, 1.82) is 0 Å². The van der Waals surface area contributed by atoms with Crippen LogP contribution >= 0.6 is 0 Å². The molecule has 0 saturated heterocycles. The van der Waals surface area contributed by atoms with Gasteiger partial charge in [-0.3, -0.25) is 4.79 Å². The molecule has 0 aliphatic heterocycles. The van der Waals surface area contributed by atoms with Gasteiger partial charge in [0.2, 0.25) is 0 Å². The number of hydrogen-bond acceptors (Lipinski definition) is 5. The summed E-state index contributed by atoms with van der Waals surface area (Å²) in [5.74, 6) is 0.0259. The van der Waals surface area contributed by atoms with Crippen LogP contribution in [-0.4, -0.2) is 35.8 Å². The molecule has 0 aromatic carbocycles. The number of Topliss-reactive ketones (excluding diaryl/α,β-unsaturated/α-hetero) is 1. The van der Waals surface area contributed by atoms with E-state index in [0.29, 0.717) is 5.69 Å². The minimum absolute atomic E-state index is 0.0259. The molecular weight excluding hydrogens is 364 g/mol. The Labute approximate surface area is 176 Å². The first kappa shape index (κ1) is 25.0. The van der Waals surface area contributed by atoms with Gasteiger partial charge in [-0.1, -0.05) is 52.0 Å². The zero-order valence-corrected chi connectivity index (χ0v) is 20.5. The van der Waals surface area contributed by atoms with Gasteiger partial charge in [0, 0.05) is 11.6 Å². The molecule has 0 unspecified atom stereocenters. The molecular formula is C22H40N6O. The second-order valence-electron chi connectivity index (χ2n) is 11.9. The van der Waals surface area contributed by atoms with Gasteiger partial charge in [-0.15, -0.1) is 10.2 Å². The van der Waals surface area contributed by atoms with E-state index in [9.17, 15) is 4.79 Å². The first-order valence-corrected chi connectivity index (χ1v) is 10.2. The Hall–Kier alpha value is -2.05. The monoisotopic (exact) mass is 404 g/mol. The Balaban J connectivity index is 0.000000291. The van der Waals surface area contributed by atoms with Gasteiger partial charge in [-0.2, -0.15) is 0 Å². The highest BCUT2D eigenvalue weighted by Crippen LogP contribution is 2.21. The summed E-state index contributed by atoms with van der Waals surface area (Å²) in [6.07, 6.45) is 4.74. The Morgan fingerprint density at radius 1 is 0.759 bits per heavy atom. The van der Waals surface area contributed by atoms with Crippen LogP contribution in [0.5, 0.6) is 0 Å². The maximum atomic E-state index is 11.9. The molecule has 0 saturated carbocycles. The first-order chi connectivity index (χ1) is 12.8. The van der Waals surface area contributed by atoms with Gasteiger partial charge >= 0.3 is 0 Å². The molecule has 0 radical (unpaired) electrons. The second-order valence-corrected chi connectivity index (χ2v) is 11.9. The van der Waals surface area contributed by atoms with Crippen molar-refractivity contribution < 1.29 is 4.79 Å². The second kappa shape index (κ2) is 8.36. The fourth-order valence-corrected chi connectivity index (χ4v) is 2.33. The van der Waals surface area contributed by atoms with E-state index in [1.54, 1.807) is 10.9 Å². The van der Waals surface area contributed by atoms with E-state index in [-0.39, 0.29) is 22.3 Å². The molecule has 7 heteroatoms. The lowest BCUT2D eigenvalue weighted by Crippen LogP contribution is -2.23. The Bertz CT molecular complexity index is 804. The molecule has 0 aliphatic carbocycles. The Morgan fingerprint density at radius 2 is 1.21 bits per heavy atom. The van der Waals surface area contributed by atoms with Crippen LogP contribution in [-0.2, 0) is 17.5 Å². The number of carbonyl (C=O) groups is 1. The van der Waals surface area contributed by atoms with E-state index in [1.807, 2.05) is 52.4 Å². The van der Waals surface area contributed by atoms with Crippen molar-refractivity contribution in [1.82, 2.24) is 30.0 Å². The number of hydrogen-bond donors (Lipinski definition) is 0. The summed E-state index contributed by atoms with van der Waals surface area (Å²) in [6, 6.07) is 0. The van der Waals surface area contributed by atoms with E-state index in [0.717, 1.165) is 12.1 Å². The highest BCUT2D eigenvalue weighted by atomic mass is 16.1. The van der Waals surface area contributed by atoms with Crippen molar-refractivity contribution >= 4 is 5.78 Å². The standard InChI is InChI=1S/C11H19N3O.C11H21N3/c1-10(2,3)9(15)8-7-14(13-12-8)11(4,5)6;1-10(2,3)7-9-8-14(13-12-9)11(4,5)6/h7H,1-6H3;8H,7H2,1-6H3. The predicted molar refractivity (Wildman–Crippen MR) is 117 cm³/mol. The van der Waals surface area contributed by atoms with Crippen LogP contribution in [0.1, 0.15) is 99.3 Å². The van der Waals surface area contributed by atoms with Crippen LogP contribution in [0.3, 0.4) is 0 Å². The molecule has 164 valence electrons. The van der Waals surface area contributed by atoms with Gasteiger partial charge in [0.1, 0.15) is 5.69 Å². The fraction of sp³-hybridized carbons (Fsp3) is 0.773. The lowest BCUT2D eigenvalue weighted by Gasteiger charge is -2.18. The Kier molecular flexibility index (Phi) is 7.21. The quantitative estimate of drug-likeness (QED) is 0.666. The normalized spacial score (nSPS) is 13.1. The molecule has 0 aliphatic rings. The van der Waals surface area contributed by atoms with E-state index < -0.39 is 5.41 Å². The fourth-order valence-electron chi connectivity index (χ4n) is 2.33. The summed E-state index contributed by atoms with van der Waals surface area (Å²) in [4.78, 5) is 11.9. The molecule has 29 heavy (non-hydrogen) atoms. The summed E-state index contributed by atoms with van der Waals surface area (Å²) < 4.78 is 3.64. The van der Waals surface area contributed by atoms with Gasteiger partial charge in [-0.25, -0.2) is 9.36 Å². The van der Waals surface area contributed by atoms with Crippen molar-refractivity contribution in [2.75, 3.05) is 0 Å². The molecule has 0 atom stereocenters. The van der Waals surface area contributed by atoms with E-state index in [4.69, 9.17) is 0 Å².